The molecule has 6 nitrogen and oxygen atoms in total. The third kappa shape index (κ3) is 7.55. The summed E-state index contributed by atoms with van der Waals surface area (Å²) in [5, 5.41) is 7.12. The minimum absolute atomic E-state index is 0. The average molecular weight is 530 g/mol. The summed E-state index contributed by atoms with van der Waals surface area (Å²) >= 11 is 0. The van der Waals surface area contributed by atoms with Crippen molar-refractivity contribution >= 4 is 35.8 Å². The second-order valence-corrected chi connectivity index (χ2v) is 8.38. The quantitative estimate of drug-likeness (QED) is 0.298. The molecule has 1 aromatic rings. The lowest BCUT2D eigenvalue weighted by Gasteiger charge is -2.37. The van der Waals surface area contributed by atoms with Crippen molar-refractivity contribution in [1.82, 2.24) is 15.6 Å². The van der Waals surface area contributed by atoms with E-state index in [0.29, 0.717) is 6.04 Å². The van der Waals surface area contributed by atoms with Crippen LogP contribution in [0.3, 0.4) is 0 Å². The molecule has 0 radical (unpaired) electrons. The number of anilines is 1. The van der Waals surface area contributed by atoms with Gasteiger partial charge in [-0.05, 0) is 51.2 Å². The van der Waals surface area contributed by atoms with Crippen molar-refractivity contribution in [3.8, 4) is 0 Å². The average Bonchev–Trinajstić information content (AvgIpc) is 2.78. The van der Waals surface area contributed by atoms with E-state index in [2.05, 4.69) is 46.5 Å². The van der Waals surface area contributed by atoms with Crippen LogP contribution in [0.25, 0.3) is 0 Å². The van der Waals surface area contributed by atoms with Crippen LogP contribution in [0.1, 0.15) is 65.2 Å². The summed E-state index contributed by atoms with van der Waals surface area (Å²) in [6.45, 7) is 8.84. The molecule has 170 valence electrons. The van der Waals surface area contributed by atoms with Gasteiger partial charge < -0.3 is 20.3 Å². The molecule has 1 aliphatic carbocycles. The first kappa shape index (κ1) is 25.2. The first-order valence-electron chi connectivity index (χ1n) is 11.6. The zero-order chi connectivity index (χ0) is 20.4. The fraction of sp³-hybridized carbons (Fsp3) is 0.739. The Morgan fingerprint density at radius 1 is 1.20 bits per heavy atom. The van der Waals surface area contributed by atoms with Gasteiger partial charge in [-0.1, -0.05) is 32.3 Å². The Bertz CT molecular complexity index is 613. The Kier molecular flexibility index (Phi) is 11.2. The first-order chi connectivity index (χ1) is 14.2. The van der Waals surface area contributed by atoms with E-state index < -0.39 is 0 Å². The van der Waals surface area contributed by atoms with Gasteiger partial charge in [-0.2, -0.15) is 0 Å². The molecule has 3 rings (SSSR count). The highest BCUT2D eigenvalue weighted by atomic mass is 127. The molecule has 0 unspecified atom stereocenters. The number of piperidine rings is 1. The number of nitrogens with one attached hydrogen (secondary N) is 2. The van der Waals surface area contributed by atoms with Gasteiger partial charge in [0.2, 0.25) is 0 Å². The van der Waals surface area contributed by atoms with Crippen LogP contribution in [0.2, 0.25) is 0 Å². The van der Waals surface area contributed by atoms with Gasteiger partial charge in [0.15, 0.2) is 5.96 Å². The maximum absolute atomic E-state index is 6.33. The maximum atomic E-state index is 6.33. The zero-order valence-electron chi connectivity index (χ0n) is 18.7. The molecular weight excluding hydrogens is 489 g/mol. The fourth-order valence-corrected chi connectivity index (χ4v) is 4.39. The third-order valence-electron chi connectivity index (χ3n) is 6.06. The SMILES string of the molecule is CCCOC1(CN=C(NCC)NC2CCN(c3ccccn3)CC2)CCCCC1.I. The lowest BCUT2D eigenvalue weighted by molar-refractivity contribution is -0.0624. The summed E-state index contributed by atoms with van der Waals surface area (Å²) in [7, 11) is 0. The standard InChI is InChI=1S/C23H39N5O.HI/c1-3-18-29-23(13-7-5-8-14-23)19-26-22(24-4-2)27-20-11-16-28(17-12-20)21-10-6-9-15-25-21;/h6,9-10,15,20H,3-5,7-8,11-14,16-19H2,1-2H3,(H2,24,26,27);1H. The maximum Gasteiger partial charge on any atom is 0.191 e. The second-order valence-electron chi connectivity index (χ2n) is 8.38. The monoisotopic (exact) mass is 529 g/mol. The van der Waals surface area contributed by atoms with Gasteiger partial charge in [0, 0.05) is 38.5 Å². The molecule has 2 aliphatic rings. The number of pyridine rings is 1. The number of ether oxygens (including phenoxy) is 1. The van der Waals surface area contributed by atoms with E-state index in [9.17, 15) is 0 Å². The molecule has 0 aromatic carbocycles. The first-order valence-corrected chi connectivity index (χ1v) is 11.6. The van der Waals surface area contributed by atoms with E-state index in [-0.39, 0.29) is 29.6 Å². The summed E-state index contributed by atoms with van der Waals surface area (Å²) in [4.78, 5) is 11.8. The van der Waals surface area contributed by atoms with E-state index in [1.165, 1.54) is 19.3 Å². The summed E-state index contributed by atoms with van der Waals surface area (Å²) in [6.07, 6.45) is 11.3. The van der Waals surface area contributed by atoms with Crippen LogP contribution in [-0.2, 0) is 4.74 Å². The molecule has 2 N–H and O–H groups in total. The van der Waals surface area contributed by atoms with Crippen LogP contribution in [-0.4, -0.2) is 55.4 Å². The molecule has 1 saturated carbocycles. The molecule has 30 heavy (non-hydrogen) atoms. The largest absolute Gasteiger partial charge is 0.373 e. The summed E-state index contributed by atoms with van der Waals surface area (Å²) in [5.74, 6) is 2.02. The van der Waals surface area contributed by atoms with Gasteiger partial charge in [0.25, 0.3) is 0 Å². The Balaban J connectivity index is 0.00000320. The molecule has 0 spiro atoms. The molecule has 1 saturated heterocycles. The molecular formula is C23H40IN5O. The molecule has 0 bridgehead atoms. The van der Waals surface area contributed by atoms with Crippen LogP contribution in [0.5, 0.6) is 0 Å². The highest BCUT2D eigenvalue weighted by Crippen LogP contribution is 2.32. The third-order valence-corrected chi connectivity index (χ3v) is 6.06. The van der Waals surface area contributed by atoms with E-state index in [1.807, 2.05) is 12.3 Å². The van der Waals surface area contributed by atoms with Crippen molar-refractivity contribution in [2.24, 2.45) is 4.99 Å². The normalized spacial score (nSPS) is 19.8. The minimum Gasteiger partial charge on any atom is -0.373 e. The lowest BCUT2D eigenvalue weighted by Crippen LogP contribution is -2.49. The number of nitrogens with zero attached hydrogens (tertiary/aromatic N) is 3. The smallest absolute Gasteiger partial charge is 0.191 e. The van der Waals surface area contributed by atoms with Gasteiger partial charge in [-0.15, -0.1) is 24.0 Å². The Morgan fingerprint density at radius 3 is 2.60 bits per heavy atom. The van der Waals surface area contributed by atoms with Crippen LogP contribution < -0.4 is 15.5 Å². The second kappa shape index (κ2) is 13.3. The minimum atomic E-state index is -0.0566. The molecule has 0 atom stereocenters. The van der Waals surface area contributed by atoms with Crippen molar-refractivity contribution in [3.63, 3.8) is 0 Å². The van der Waals surface area contributed by atoms with E-state index >= 15 is 0 Å². The molecule has 2 heterocycles. The van der Waals surface area contributed by atoms with E-state index in [0.717, 1.165) is 76.7 Å². The number of hydrogen-bond donors (Lipinski definition) is 2. The number of rotatable bonds is 8. The Labute approximate surface area is 199 Å². The summed E-state index contributed by atoms with van der Waals surface area (Å²) < 4.78 is 6.33. The van der Waals surface area contributed by atoms with Crippen LogP contribution in [0, 0.1) is 0 Å². The Morgan fingerprint density at radius 2 is 1.97 bits per heavy atom. The number of aromatic nitrogens is 1. The zero-order valence-corrected chi connectivity index (χ0v) is 21.1. The van der Waals surface area contributed by atoms with Crippen LogP contribution in [0.4, 0.5) is 5.82 Å². The predicted molar refractivity (Wildman–Crippen MR) is 136 cm³/mol. The molecule has 7 heteroatoms. The van der Waals surface area contributed by atoms with Gasteiger partial charge in [-0.3, -0.25) is 4.99 Å². The van der Waals surface area contributed by atoms with Gasteiger partial charge >= 0.3 is 0 Å². The van der Waals surface area contributed by atoms with Gasteiger partial charge in [0.1, 0.15) is 5.82 Å². The van der Waals surface area contributed by atoms with Crippen molar-refractivity contribution < 1.29 is 4.74 Å². The van der Waals surface area contributed by atoms with Crippen molar-refractivity contribution in [1.29, 1.82) is 0 Å². The van der Waals surface area contributed by atoms with Crippen molar-refractivity contribution in [2.45, 2.75) is 76.9 Å². The molecule has 1 aliphatic heterocycles. The summed E-state index contributed by atoms with van der Waals surface area (Å²) in [5.41, 5.74) is -0.0566. The van der Waals surface area contributed by atoms with Gasteiger partial charge in [0.05, 0.1) is 12.1 Å². The van der Waals surface area contributed by atoms with Crippen LogP contribution >= 0.6 is 24.0 Å². The van der Waals surface area contributed by atoms with Crippen molar-refractivity contribution in [2.75, 3.05) is 37.7 Å². The van der Waals surface area contributed by atoms with Crippen LogP contribution in [0.15, 0.2) is 29.4 Å². The van der Waals surface area contributed by atoms with Gasteiger partial charge in [-0.25, -0.2) is 4.98 Å². The van der Waals surface area contributed by atoms with Crippen molar-refractivity contribution in [3.05, 3.63) is 24.4 Å². The topological polar surface area (TPSA) is 61.8 Å². The number of halogens is 1. The highest BCUT2D eigenvalue weighted by molar-refractivity contribution is 14.0. The Hall–Kier alpha value is -1.09. The van der Waals surface area contributed by atoms with E-state index in [4.69, 9.17) is 9.73 Å². The molecule has 0 amide bonds. The number of guanidine groups is 1. The lowest BCUT2D eigenvalue weighted by atomic mass is 9.84. The van der Waals surface area contributed by atoms with E-state index in [1.54, 1.807) is 0 Å². The number of aliphatic imine (C=N–C) groups is 1. The molecule has 2 fully saturated rings. The number of hydrogen-bond acceptors (Lipinski definition) is 4. The fourth-order valence-electron chi connectivity index (χ4n) is 4.39. The highest BCUT2D eigenvalue weighted by Gasteiger charge is 2.33. The summed E-state index contributed by atoms with van der Waals surface area (Å²) in [6, 6.07) is 6.58. The predicted octanol–water partition coefficient (Wildman–Crippen LogP) is 4.35. The molecule has 1 aromatic heterocycles.